The third-order valence-corrected chi connectivity index (χ3v) is 0. The van der Waals surface area contributed by atoms with E-state index in [0.29, 0.717) is 0 Å². The number of rotatable bonds is 0. The Morgan fingerprint density at radius 3 is 1.14 bits per heavy atom. The molecule has 0 spiro atoms. The minimum absolute atomic E-state index is 0. The van der Waals surface area contributed by atoms with Gasteiger partial charge in [-0.3, -0.25) is 8.42 Å². The van der Waals surface area contributed by atoms with E-state index in [9.17, 15) is 0 Å². The van der Waals surface area contributed by atoms with Crippen molar-refractivity contribution in [3.8, 4) is 0 Å². The Hall–Kier alpha value is 0.349. The summed E-state index contributed by atoms with van der Waals surface area (Å²) in [5, 5.41) is 0. The molecule has 0 atom stereocenters. The predicted octanol–water partition coefficient (Wildman–Crippen LogP) is -0.964. The molecule has 0 aliphatic carbocycles. The van der Waals surface area contributed by atoms with Gasteiger partial charge in [-0.25, -0.2) is 0 Å². The van der Waals surface area contributed by atoms with Crippen LogP contribution in [0.1, 0.15) is 0 Å². The number of hydrogen-bond acceptors (Lipinski definition) is 4. The molecule has 0 saturated heterocycles. The van der Waals surface area contributed by atoms with Crippen molar-refractivity contribution in [3.63, 3.8) is 0 Å². The van der Waals surface area contributed by atoms with Gasteiger partial charge in [0.1, 0.15) is 0 Å². The molecule has 0 fully saturated rings. The van der Waals surface area contributed by atoms with Gasteiger partial charge in [-0.05, 0) is 0 Å². The van der Waals surface area contributed by atoms with E-state index in [1.54, 1.807) is 0 Å². The van der Waals surface area contributed by atoms with Crippen molar-refractivity contribution in [1.82, 2.24) is 6.15 Å². The van der Waals surface area contributed by atoms with Crippen LogP contribution in [-0.4, -0.2) is 17.5 Å². The fraction of sp³-hybridized carbons (Fsp3) is 0. The van der Waals surface area contributed by atoms with E-state index < -0.39 is 10.4 Å². The van der Waals surface area contributed by atoms with E-state index >= 15 is 0 Å². The number of quaternary nitrogens is 1. The maximum Gasteiger partial charge on any atom is 2.00 e. The Kier molecular flexibility index (Phi) is 10.1. The third kappa shape index (κ3) is 983. The Morgan fingerprint density at radius 1 is 1.14 bits per heavy atom. The molecule has 0 heterocycles. The zero-order valence-corrected chi connectivity index (χ0v) is 5.42. The largest absolute Gasteiger partial charge is 2.00 e. The summed E-state index contributed by atoms with van der Waals surface area (Å²) in [4.78, 5) is 0. The predicted molar refractivity (Wildman–Crippen MR) is 16.5 cm³/mol. The fourth-order valence-corrected chi connectivity index (χ4v) is 0. The maximum atomic E-state index is 8.52. The molecule has 45 valence electrons. The van der Waals surface area contributed by atoms with Gasteiger partial charge in [-0.2, -0.15) is 0 Å². The quantitative estimate of drug-likeness (QED) is 0.285. The van der Waals surface area contributed by atoms with Crippen LogP contribution >= 0.6 is 0 Å². The van der Waals surface area contributed by atoms with E-state index in [1.165, 1.54) is 0 Å². The first-order valence-corrected chi connectivity index (χ1v) is 2.00. The molecule has 7 heteroatoms. The van der Waals surface area contributed by atoms with E-state index in [4.69, 9.17) is 17.5 Å². The van der Waals surface area contributed by atoms with Crippen LogP contribution in [-0.2, 0) is 27.5 Å². The van der Waals surface area contributed by atoms with Gasteiger partial charge in [0.2, 0.25) is 0 Å². The monoisotopic (exact) mass is 169 g/mol. The van der Waals surface area contributed by atoms with Crippen LogP contribution in [0.25, 0.3) is 0 Å². The van der Waals surface area contributed by atoms with Crippen molar-refractivity contribution >= 4 is 10.4 Å². The molecule has 0 saturated carbocycles. The Balaban J connectivity index is -0.0000000800. The molecule has 0 aromatic rings. The molecule has 0 amide bonds. The minimum Gasteiger partial charge on any atom is -0.759 e. The van der Waals surface area contributed by atoms with Crippen LogP contribution in [0.4, 0.5) is 0 Å². The Morgan fingerprint density at radius 2 is 1.14 bits per heavy atom. The first-order valence-electron chi connectivity index (χ1n) is 0.667. The molecule has 0 rings (SSSR count). The van der Waals surface area contributed by atoms with Crippen molar-refractivity contribution < 1.29 is 34.6 Å². The molecule has 4 N–H and O–H groups in total. The Bertz CT molecular complexity index is 94.9. The van der Waals surface area contributed by atoms with Crippen LogP contribution < -0.4 is 6.15 Å². The average molecular weight is 169 g/mol. The van der Waals surface area contributed by atoms with Gasteiger partial charge in [0, 0.05) is 10.4 Å². The molecule has 7 heavy (non-hydrogen) atoms. The van der Waals surface area contributed by atoms with Gasteiger partial charge in [-0.15, -0.1) is 0 Å². The minimum atomic E-state index is -5.17. The average Bonchev–Trinajstić information content (AvgIpc) is 0.722. The van der Waals surface area contributed by atoms with E-state index in [2.05, 4.69) is 0 Å². The second kappa shape index (κ2) is 4.51. The van der Waals surface area contributed by atoms with Gasteiger partial charge in [0.25, 0.3) is 0 Å². The van der Waals surface area contributed by atoms with Crippen LogP contribution in [0, 0.1) is 0 Å². The molecule has 0 aliphatic rings. The van der Waals surface area contributed by atoms with Gasteiger partial charge in [-0.1, -0.05) is 0 Å². The van der Waals surface area contributed by atoms with Gasteiger partial charge >= 0.3 is 17.1 Å². The van der Waals surface area contributed by atoms with E-state index in [1.807, 2.05) is 0 Å². The van der Waals surface area contributed by atoms with Crippen LogP contribution in [0.3, 0.4) is 0 Å². The molecular weight excluding hydrogens is 165 g/mol. The van der Waals surface area contributed by atoms with E-state index in [0.717, 1.165) is 0 Å². The van der Waals surface area contributed by atoms with Crippen LogP contribution in [0.5, 0.6) is 0 Å². The van der Waals surface area contributed by atoms with Crippen molar-refractivity contribution in [2.24, 2.45) is 0 Å². The van der Waals surface area contributed by atoms with Crippen LogP contribution in [0.2, 0.25) is 0 Å². The van der Waals surface area contributed by atoms with Gasteiger partial charge in [0.05, 0.1) is 0 Å². The number of hydrogen-bond donors (Lipinski definition) is 1. The van der Waals surface area contributed by atoms with Crippen LogP contribution in [0.15, 0.2) is 0 Å². The summed E-state index contributed by atoms with van der Waals surface area (Å²) in [5.41, 5.74) is 0. The van der Waals surface area contributed by atoms with Gasteiger partial charge < -0.3 is 15.3 Å². The summed E-state index contributed by atoms with van der Waals surface area (Å²) in [6, 6.07) is 0. The molecule has 0 unspecified atom stereocenters. The zero-order chi connectivity index (χ0) is 4.50. The molecule has 0 aromatic heterocycles. The van der Waals surface area contributed by atoms with E-state index in [-0.39, 0.29) is 23.2 Å². The molecule has 0 aliphatic heterocycles. The second-order valence-electron chi connectivity index (χ2n) is 0.408. The standard InChI is InChI=1S/Mn.H3N.H2O4S/c;;1-5(2,3)4/h;1H3;(H2,1,2,3,4)/q+2;;/p-1. The van der Waals surface area contributed by atoms with Crippen molar-refractivity contribution in [3.05, 3.63) is 0 Å². The maximum absolute atomic E-state index is 8.52. The summed E-state index contributed by atoms with van der Waals surface area (Å²) in [5.74, 6) is 0. The molecular formula is H4MnNO4S+. The zero-order valence-electron chi connectivity index (χ0n) is 3.42. The summed E-state index contributed by atoms with van der Waals surface area (Å²) in [6.45, 7) is 0. The normalized spacial score (nSPS) is 8.29. The van der Waals surface area contributed by atoms with Gasteiger partial charge in [0.15, 0.2) is 0 Å². The van der Waals surface area contributed by atoms with Crippen molar-refractivity contribution in [1.29, 1.82) is 0 Å². The SMILES string of the molecule is O=S(=O)([O-])[O-].[Mn+2].[NH4+]. The third-order valence-electron chi connectivity index (χ3n) is 0. The summed E-state index contributed by atoms with van der Waals surface area (Å²) in [6.07, 6.45) is 0. The first-order chi connectivity index (χ1) is 2.00. The smallest absolute Gasteiger partial charge is 0.759 e. The molecule has 5 nitrogen and oxygen atoms in total. The molecule has 0 aromatic carbocycles. The molecule has 1 radical (unpaired) electrons. The fourth-order valence-electron chi connectivity index (χ4n) is 0. The summed E-state index contributed by atoms with van der Waals surface area (Å²) < 4.78 is 34.1. The van der Waals surface area contributed by atoms with Crippen molar-refractivity contribution in [2.75, 3.05) is 0 Å². The first kappa shape index (κ1) is 15.7. The Labute approximate surface area is 51.7 Å². The molecule has 0 bridgehead atoms. The summed E-state index contributed by atoms with van der Waals surface area (Å²) in [7, 11) is -5.17. The topological polar surface area (TPSA) is 117 Å². The van der Waals surface area contributed by atoms with Crippen molar-refractivity contribution in [2.45, 2.75) is 0 Å². The second-order valence-corrected chi connectivity index (χ2v) is 1.22. The summed E-state index contributed by atoms with van der Waals surface area (Å²) >= 11 is 0.